The number of nitrogens with one attached hydrogen (secondary N) is 1. The minimum atomic E-state index is -1.56. The molecule has 7 unspecified atom stereocenters. The summed E-state index contributed by atoms with van der Waals surface area (Å²) in [5.74, 6) is -0.167. The minimum Gasteiger partial charge on any atom is -0.394 e. The molecule has 0 bridgehead atoms. The van der Waals surface area contributed by atoms with E-state index in [1.807, 2.05) is 6.08 Å². The number of carbonyl (C=O) groups is 1. The van der Waals surface area contributed by atoms with Gasteiger partial charge in [0.2, 0.25) is 5.91 Å². The topological polar surface area (TPSA) is 149 Å². The molecule has 0 aromatic heterocycles. The number of unbranched alkanes of at least 4 members (excludes halogenated alkanes) is 53. The third-order valence-electron chi connectivity index (χ3n) is 17.4. The van der Waals surface area contributed by atoms with Crippen molar-refractivity contribution in [2.45, 2.75) is 416 Å². The summed E-state index contributed by atoms with van der Waals surface area (Å²) in [7, 11) is 0. The Morgan fingerprint density at radius 3 is 0.987 bits per heavy atom. The van der Waals surface area contributed by atoms with Gasteiger partial charge in [0, 0.05) is 6.42 Å². The van der Waals surface area contributed by atoms with Crippen LogP contribution in [-0.4, -0.2) is 87.5 Å². The van der Waals surface area contributed by atoms with E-state index in [4.69, 9.17) is 9.47 Å². The number of allylic oxidation sites excluding steroid dienone is 1. The van der Waals surface area contributed by atoms with Gasteiger partial charge in [-0.3, -0.25) is 4.79 Å². The third-order valence-corrected chi connectivity index (χ3v) is 17.4. The fraction of sp³-hybridized carbons (Fsp3) is 0.957. The summed E-state index contributed by atoms with van der Waals surface area (Å²) >= 11 is 0. The molecule has 1 saturated heterocycles. The number of amides is 1. The van der Waals surface area contributed by atoms with Crippen molar-refractivity contribution >= 4 is 5.91 Å². The van der Waals surface area contributed by atoms with E-state index in [0.717, 1.165) is 38.5 Å². The lowest BCUT2D eigenvalue weighted by atomic mass is 9.99. The van der Waals surface area contributed by atoms with Crippen LogP contribution in [0.5, 0.6) is 0 Å². The molecule has 470 valence electrons. The van der Waals surface area contributed by atoms with Crippen molar-refractivity contribution < 1.29 is 39.8 Å². The molecule has 1 aliphatic heterocycles. The first-order chi connectivity index (χ1) is 38.8. The van der Waals surface area contributed by atoms with Crippen molar-refractivity contribution in [2.75, 3.05) is 13.2 Å². The van der Waals surface area contributed by atoms with E-state index in [1.165, 1.54) is 315 Å². The summed E-state index contributed by atoms with van der Waals surface area (Å²) < 4.78 is 11.3. The molecule has 1 rings (SSSR count). The summed E-state index contributed by atoms with van der Waals surface area (Å²) in [4.78, 5) is 13.1. The van der Waals surface area contributed by atoms with E-state index in [1.54, 1.807) is 6.08 Å². The molecule has 0 aliphatic carbocycles. The van der Waals surface area contributed by atoms with Crippen molar-refractivity contribution in [1.82, 2.24) is 5.32 Å². The Morgan fingerprint density at radius 1 is 0.418 bits per heavy atom. The highest BCUT2D eigenvalue weighted by molar-refractivity contribution is 5.76. The van der Waals surface area contributed by atoms with Crippen LogP contribution in [0.1, 0.15) is 373 Å². The van der Waals surface area contributed by atoms with Gasteiger partial charge in [-0.2, -0.15) is 0 Å². The van der Waals surface area contributed by atoms with Gasteiger partial charge in [0.15, 0.2) is 6.29 Å². The lowest BCUT2D eigenvalue weighted by Crippen LogP contribution is -2.60. The van der Waals surface area contributed by atoms with Crippen LogP contribution in [0.4, 0.5) is 0 Å². The van der Waals surface area contributed by atoms with E-state index in [-0.39, 0.29) is 12.5 Å². The van der Waals surface area contributed by atoms with Crippen molar-refractivity contribution in [2.24, 2.45) is 0 Å². The van der Waals surface area contributed by atoms with Crippen molar-refractivity contribution in [1.29, 1.82) is 0 Å². The quantitative estimate of drug-likeness (QED) is 0.0261. The first kappa shape index (κ1) is 75.9. The molecule has 7 atom stereocenters. The maximum absolute atomic E-state index is 13.1. The van der Waals surface area contributed by atoms with E-state index >= 15 is 0 Å². The van der Waals surface area contributed by atoms with E-state index < -0.39 is 49.5 Å². The lowest BCUT2D eigenvalue weighted by Gasteiger charge is -2.40. The fourth-order valence-electron chi connectivity index (χ4n) is 11.8. The fourth-order valence-corrected chi connectivity index (χ4v) is 11.8. The zero-order valence-electron chi connectivity index (χ0n) is 52.7. The Bertz CT molecular complexity index is 1250. The Kier molecular flexibility index (Phi) is 57.7. The molecule has 9 heteroatoms. The predicted molar refractivity (Wildman–Crippen MR) is 337 cm³/mol. The van der Waals surface area contributed by atoms with E-state index in [9.17, 15) is 30.3 Å². The monoisotopic (exact) mass is 1120 g/mol. The molecule has 0 spiro atoms. The summed E-state index contributed by atoms with van der Waals surface area (Å²) in [5, 5.41) is 54.7. The first-order valence-corrected chi connectivity index (χ1v) is 35.4. The highest BCUT2D eigenvalue weighted by Gasteiger charge is 2.44. The Balaban J connectivity index is 2.08. The molecule has 1 amide bonds. The summed E-state index contributed by atoms with van der Waals surface area (Å²) in [6.07, 6.45) is 70.4. The molecule has 0 aromatic carbocycles. The molecular formula is C70H137NO8. The SMILES string of the molecule is CCCCCCCCCCCCCCCCCCCCCC/C=C/C(O)C(COC1OC(CO)C(O)C(O)C1O)NC(=O)CCCCCCCCCCCCCCCCCCCCCCCCCCCCCCCCCCCC. The number of aliphatic hydroxyl groups excluding tert-OH is 5. The highest BCUT2D eigenvalue weighted by atomic mass is 16.7. The van der Waals surface area contributed by atoms with Crippen LogP contribution in [0.15, 0.2) is 12.2 Å². The predicted octanol–water partition coefficient (Wildman–Crippen LogP) is 19.1. The van der Waals surface area contributed by atoms with E-state index in [2.05, 4.69) is 19.2 Å². The van der Waals surface area contributed by atoms with Crippen LogP contribution >= 0.6 is 0 Å². The van der Waals surface area contributed by atoms with Gasteiger partial charge in [0.05, 0.1) is 25.4 Å². The van der Waals surface area contributed by atoms with Gasteiger partial charge < -0.3 is 40.3 Å². The molecule has 79 heavy (non-hydrogen) atoms. The second kappa shape index (κ2) is 60.1. The van der Waals surface area contributed by atoms with Crippen LogP contribution in [-0.2, 0) is 14.3 Å². The molecule has 1 aliphatic rings. The van der Waals surface area contributed by atoms with Crippen LogP contribution in [0.3, 0.4) is 0 Å². The zero-order chi connectivity index (χ0) is 57.2. The standard InChI is InChI=1S/C70H137NO8/c1-3-5-7-9-11-13-15-17-19-21-23-25-27-28-29-30-31-32-33-34-35-36-37-38-40-42-44-46-48-50-52-54-56-58-60-66(74)71-63(62-78-70-69(77)68(76)67(75)65(61-72)79-70)64(73)59-57-55-53-51-49-47-45-43-41-39-26-24-22-20-18-16-14-12-10-8-6-4-2/h57,59,63-65,67-70,72-73,75-77H,3-56,58,60-62H2,1-2H3,(H,71,74)/b59-57+. The van der Waals surface area contributed by atoms with Gasteiger partial charge in [0.25, 0.3) is 0 Å². The minimum absolute atomic E-state index is 0.167. The molecule has 1 fully saturated rings. The maximum Gasteiger partial charge on any atom is 0.220 e. The van der Waals surface area contributed by atoms with Crippen LogP contribution < -0.4 is 5.32 Å². The smallest absolute Gasteiger partial charge is 0.220 e. The zero-order valence-corrected chi connectivity index (χ0v) is 52.7. The number of carbonyl (C=O) groups excluding carboxylic acids is 1. The van der Waals surface area contributed by atoms with Crippen LogP contribution in [0.2, 0.25) is 0 Å². The van der Waals surface area contributed by atoms with Gasteiger partial charge in [-0.05, 0) is 19.3 Å². The number of aliphatic hydroxyl groups is 5. The molecule has 9 nitrogen and oxygen atoms in total. The van der Waals surface area contributed by atoms with Crippen molar-refractivity contribution in [3.05, 3.63) is 12.2 Å². The number of hydrogen-bond acceptors (Lipinski definition) is 8. The van der Waals surface area contributed by atoms with Gasteiger partial charge in [-0.25, -0.2) is 0 Å². The molecule has 0 radical (unpaired) electrons. The van der Waals surface area contributed by atoms with Crippen LogP contribution in [0.25, 0.3) is 0 Å². The number of ether oxygens (including phenoxy) is 2. The molecule has 1 heterocycles. The number of hydrogen-bond donors (Lipinski definition) is 6. The Morgan fingerprint density at radius 2 is 0.696 bits per heavy atom. The average Bonchev–Trinajstić information content (AvgIpc) is 3.47. The van der Waals surface area contributed by atoms with Gasteiger partial charge in [-0.15, -0.1) is 0 Å². The number of rotatable bonds is 63. The second-order valence-electron chi connectivity index (χ2n) is 25.0. The summed E-state index contributed by atoms with van der Waals surface area (Å²) in [6, 6.07) is -0.802. The average molecular weight is 1120 g/mol. The molecule has 0 saturated carbocycles. The second-order valence-corrected chi connectivity index (χ2v) is 25.0. The summed E-state index contributed by atoms with van der Waals surface area (Å²) in [6.45, 7) is 3.84. The van der Waals surface area contributed by atoms with E-state index in [0.29, 0.717) is 6.42 Å². The van der Waals surface area contributed by atoms with Gasteiger partial charge in [-0.1, -0.05) is 360 Å². The van der Waals surface area contributed by atoms with Crippen molar-refractivity contribution in [3.63, 3.8) is 0 Å². The molecule has 6 N–H and O–H groups in total. The van der Waals surface area contributed by atoms with Gasteiger partial charge in [0.1, 0.15) is 24.4 Å². The maximum atomic E-state index is 13.1. The van der Waals surface area contributed by atoms with Gasteiger partial charge >= 0.3 is 0 Å². The third kappa shape index (κ3) is 49.0. The first-order valence-electron chi connectivity index (χ1n) is 35.4. The highest BCUT2D eigenvalue weighted by Crippen LogP contribution is 2.24. The summed E-state index contributed by atoms with van der Waals surface area (Å²) in [5.41, 5.74) is 0. The molecule has 0 aromatic rings. The Hall–Kier alpha value is -1.07. The molecular weight excluding hydrogens is 983 g/mol. The Labute approximate surface area is 490 Å². The largest absolute Gasteiger partial charge is 0.394 e. The van der Waals surface area contributed by atoms with Crippen molar-refractivity contribution in [3.8, 4) is 0 Å². The normalized spacial score (nSPS) is 18.5. The lowest BCUT2D eigenvalue weighted by molar-refractivity contribution is -0.302. The van der Waals surface area contributed by atoms with Crippen LogP contribution in [0, 0.1) is 0 Å².